The van der Waals surface area contributed by atoms with Gasteiger partial charge < -0.3 is 15.7 Å². The van der Waals surface area contributed by atoms with Gasteiger partial charge in [-0.05, 0) is 25.3 Å². The van der Waals surface area contributed by atoms with E-state index in [2.05, 4.69) is 10.6 Å². The lowest BCUT2D eigenvalue weighted by Crippen LogP contribution is -2.36. The van der Waals surface area contributed by atoms with Gasteiger partial charge in [0.2, 0.25) is 5.91 Å². The van der Waals surface area contributed by atoms with Crippen LogP contribution in [0.5, 0.6) is 5.75 Å². The summed E-state index contributed by atoms with van der Waals surface area (Å²) in [6.07, 6.45) is 3.03. The molecule has 2 rings (SSSR count). The van der Waals surface area contributed by atoms with Crippen LogP contribution in [0.4, 0.5) is 0 Å². The molecule has 1 aromatic rings. The van der Waals surface area contributed by atoms with E-state index in [1.165, 1.54) is 0 Å². The molecule has 1 aliphatic carbocycles. The summed E-state index contributed by atoms with van der Waals surface area (Å²) in [5.74, 6) is 0.311. The first-order valence-corrected chi connectivity index (χ1v) is 6.51. The molecule has 1 unspecified atom stereocenters. The van der Waals surface area contributed by atoms with Gasteiger partial charge in [-0.1, -0.05) is 25.1 Å². The highest BCUT2D eigenvalue weighted by Gasteiger charge is 2.23. The number of aromatic hydroxyl groups is 1. The predicted octanol–water partition coefficient (Wildman–Crippen LogP) is 1.71. The molecule has 1 aromatic carbocycles. The summed E-state index contributed by atoms with van der Waals surface area (Å²) in [5, 5.41) is 15.9. The van der Waals surface area contributed by atoms with Crippen LogP contribution in [-0.2, 0) is 4.79 Å². The molecule has 0 radical (unpaired) electrons. The third kappa shape index (κ3) is 3.47. The summed E-state index contributed by atoms with van der Waals surface area (Å²) < 4.78 is 0. The summed E-state index contributed by atoms with van der Waals surface area (Å²) in [5.41, 5.74) is 0.847. The van der Waals surface area contributed by atoms with Crippen molar-refractivity contribution in [1.29, 1.82) is 0 Å². The molecule has 1 aliphatic rings. The number of hydrogen-bond donors (Lipinski definition) is 3. The molecule has 4 heteroatoms. The second-order valence-corrected chi connectivity index (χ2v) is 4.74. The molecule has 0 saturated heterocycles. The van der Waals surface area contributed by atoms with E-state index in [0.29, 0.717) is 12.6 Å². The van der Waals surface area contributed by atoms with Crippen LogP contribution in [0.25, 0.3) is 0 Å². The lowest BCUT2D eigenvalue weighted by molar-refractivity contribution is -0.120. The number of carbonyl (C=O) groups is 1. The monoisotopic (exact) mass is 248 g/mol. The molecule has 18 heavy (non-hydrogen) atoms. The lowest BCUT2D eigenvalue weighted by atomic mass is 10.0. The second kappa shape index (κ2) is 5.87. The van der Waals surface area contributed by atoms with Crippen molar-refractivity contribution >= 4 is 5.91 Å². The maximum atomic E-state index is 11.6. The topological polar surface area (TPSA) is 61.4 Å². The van der Waals surface area contributed by atoms with Gasteiger partial charge in [0.15, 0.2) is 0 Å². The number of phenols is 1. The minimum atomic E-state index is 0.0103. The molecule has 4 nitrogen and oxygen atoms in total. The lowest BCUT2D eigenvalue weighted by Gasteiger charge is -2.18. The van der Waals surface area contributed by atoms with E-state index in [0.717, 1.165) is 24.8 Å². The number of benzene rings is 1. The first-order valence-electron chi connectivity index (χ1n) is 6.51. The summed E-state index contributed by atoms with van der Waals surface area (Å²) in [4.78, 5) is 11.6. The van der Waals surface area contributed by atoms with E-state index in [1.807, 2.05) is 19.1 Å². The Kier molecular flexibility index (Phi) is 4.20. The molecular weight excluding hydrogens is 228 g/mol. The molecule has 0 aromatic heterocycles. The smallest absolute Gasteiger partial charge is 0.234 e. The Bertz CT molecular complexity index is 416. The quantitative estimate of drug-likeness (QED) is 0.718. The van der Waals surface area contributed by atoms with Gasteiger partial charge in [0.05, 0.1) is 6.54 Å². The van der Waals surface area contributed by atoms with Gasteiger partial charge in [0, 0.05) is 17.6 Å². The highest BCUT2D eigenvalue weighted by atomic mass is 16.3. The van der Waals surface area contributed by atoms with Crippen molar-refractivity contribution in [1.82, 2.24) is 10.6 Å². The Morgan fingerprint density at radius 2 is 2.17 bits per heavy atom. The van der Waals surface area contributed by atoms with Gasteiger partial charge >= 0.3 is 0 Å². The van der Waals surface area contributed by atoms with E-state index in [1.54, 1.807) is 12.1 Å². The van der Waals surface area contributed by atoms with E-state index < -0.39 is 0 Å². The van der Waals surface area contributed by atoms with Crippen molar-refractivity contribution in [2.24, 2.45) is 0 Å². The maximum absolute atomic E-state index is 11.6. The van der Waals surface area contributed by atoms with Crippen LogP contribution in [0.2, 0.25) is 0 Å². The number of hydrogen-bond acceptors (Lipinski definition) is 3. The molecule has 1 amide bonds. The van der Waals surface area contributed by atoms with Crippen molar-refractivity contribution in [3.8, 4) is 5.75 Å². The molecule has 1 saturated carbocycles. The van der Waals surface area contributed by atoms with Crippen LogP contribution in [-0.4, -0.2) is 23.6 Å². The molecule has 98 valence electrons. The molecule has 0 bridgehead atoms. The summed E-state index contributed by atoms with van der Waals surface area (Å²) in [6, 6.07) is 7.65. The molecular formula is C14H20N2O2. The summed E-state index contributed by atoms with van der Waals surface area (Å²) in [7, 11) is 0. The Labute approximate surface area is 107 Å². The van der Waals surface area contributed by atoms with Gasteiger partial charge in [-0.2, -0.15) is 0 Å². The third-order valence-corrected chi connectivity index (χ3v) is 3.17. The Morgan fingerprint density at radius 1 is 1.44 bits per heavy atom. The molecule has 3 N–H and O–H groups in total. The molecule has 1 atom stereocenters. The van der Waals surface area contributed by atoms with Crippen molar-refractivity contribution < 1.29 is 9.90 Å². The molecule has 1 fully saturated rings. The molecule has 0 heterocycles. The van der Waals surface area contributed by atoms with Gasteiger partial charge in [-0.15, -0.1) is 0 Å². The third-order valence-electron chi connectivity index (χ3n) is 3.17. The zero-order valence-corrected chi connectivity index (χ0v) is 10.6. The van der Waals surface area contributed by atoms with Gasteiger partial charge in [0.25, 0.3) is 0 Å². The van der Waals surface area contributed by atoms with Crippen molar-refractivity contribution in [2.45, 2.75) is 38.3 Å². The van der Waals surface area contributed by atoms with E-state index in [9.17, 15) is 9.90 Å². The number of rotatable bonds is 6. The average Bonchev–Trinajstić information content (AvgIpc) is 3.16. The van der Waals surface area contributed by atoms with Gasteiger partial charge in [-0.25, -0.2) is 0 Å². The van der Waals surface area contributed by atoms with Crippen molar-refractivity contribution in [3.63, 3.8) is 0 Å². The normalized spacial score (nSPS) is 16.3. The van der Waals surface area contributed by atoms with Crippen LogP contribution in [0, 0.1) is 0 Å². The summed E-state index contributed by atoms with van der Waals surface area (Å²) >= 11 is 0. The van der Waals surface area contributed by atoms with E-state index in [4.69, 9.17) is 0 Å². The zero-order valence-electron chi connectivity index (χ0n) is 10.6. The van der Waals surface area contributed by atoms with Crippen LogP contribution < -0.4 is 10.6 Å². The van der Waals surface area contributed by atoms with Crippen LogP contribution >= 0.6 is 0 Å². The fourth-order valence-corrected chi connectivity index (χ4v) is 1.98. The van der Waals surface area contributed by atoms with E-state index >= 15 is 0 Å². The van der Waals surface area contributed by atoms with Crippen molar-refractivity contribution in [2.75, 3.05) is 6.54 Å². The Balaban J connectivity index is 1.88. The summed E-state index contributed by atoms with van der Waals surface area (Å²) in [6.45, 7) is 2.33. The first kappa shape index (κ1) is 12.9. The minimum Gasteiger partial charge on any atom is -0.508 e. The average molecular weight is 248 g/mol. The van der Waals surface area contributed by atoms with E-state index in [-0.39, 0.29) is 17.7 Å². The highest BCUT2D eigenvalue weighted by molar-refractivity contribution is 5.78. The standard InChI is InChI=1S/C14H20N2O2/c1-2-12(11-5-3-4-6-13(11)17)15-9-14(18)16-10-7-8-10/h3-6,10,12,15,17H,2,7-9H2,1H3,(H,16,18). The van der Waals surface area contributed by atoms with Crippen LogP contribution in [0.1, 0.15) is 37.8 Å². The number of carbonyl (C=O) groups excluding carboxylic acids is 1. The molecule has 0 spiro atoms. The fraction of sp³-hybridized carbons (Fsp3) is 0.500. The minimum absolute atomic E-state index is 0.0103. The number of nitrogens with one attached hydrogen (secondary N) is 2. The van der Waals surface area contributed by atoms with Crippen molar-refractivity contribution in [3.05, 3.63) is 29.8 Å². The number of para-hydroxylation sites is 1. The predicted molar refractivity (Wildman–Crippen MR) is 70.3 cm³/mol. The SMILES string of the molecule is CCC(NCC(=O)NC1CC1)c1ccccc1O. The first-order chi connectivity index (χ1) is 8.70. The zero-order chi connectivity index (χ0) is 13.0. The number of amides is 1. The van der Waals surface area contributed by atoms with Crippen LogP contribution in [0.3, 0.4) is 0 Å². The number of phenolic OH excluding ortho intramolecular Hbond substituents is 1. The maximum Gasteiger partial charge on any atom is 0.234 e. The molecule has 0 aliphatic heterocycles. The van der Waals surface area contributed by atoms with Gasteiger partial charge in [-0.3, -0.25) is 4.79 Å². The Morgan fingerprint density at radius 3 is 2.78 bits per heavy atom. The largest absolute Gasteiger partial charge is 0.508 e. The second-order valence-electron chi connectivity index (χ2n) is 4.74. The van der Waals surface area contributed by atoms with Gasteiger partial charge in [0.1, 0.15) is 5.75 Å². The Hall–Kier alpha value is -1.55. The highest BCUT2D eigenvalue weighted by Crippen LogP contribution is 2.25. The fourth-order valence-electron chi connectivity index (χ4n) is 1.98. The van der Waals surface area contributed by atoms with Crippen LogP contribution in [0.15, 0.2) is 24.3 Å².